The van der Waals surface area contributed by atoms with Gasteiger partial charge < -0.3 is 29.5 Å². The molecule has 0 spiro atoms. The van der Waals surface area contributed by atoms with Crippen molar-refractivity contribution in [1.29, 1.82) is 0 Å². The summed E-state index contributed by atoms with van der Waals surface area (Å²) >= 11 is 0. The Hall–Kier alpha value is -3.44. The van der Waals surface area contributed by atoms with Crippen LogP contribution in [-0.2, 0) is 11.2 Å². The van der Waals surface area contributed by atoms with Crippen LogP contribution in [-0.4, -0.2) is 114 Å². The number of hydrogen-bond acceptors (Lipinski definition) is 10. The maximum Gasteiger partial charge on any atom is 0.410 e. The van der Waals surface area contributed by atoms with Gasteiger partial charge in [0.05, 0.1) is 13.1 Å². The van der Waals surface area contributed by atoms with Crippen LogP contribution in [0.1, 0.15) is 62.3 Å². The van der Waals surface area contributed by atoms with Crippen molar-refractivity contribution < 1.29 is 19.1 Å². The van der Waals surface area contributed by atoms with Crippen LogP contribution in [0.2, 0.25) is 0 Å². The molecule has 3 saturated heterocycles. The predicted octanol–water partition coefficient (Wildman–Crippen LogP) is 4.12. The number of aldehydes is 1. The molecule has 3 fully saturated rings. The second-order valence-electron chi connectivity index (χ2n) is 13.0. The zero-order valence-corrected chi connectivity index (χ0v) is 26.6. The monoisotopic (exact) mass is 593 g/mol. The third-order valence-electron chi connectivity index (χ3n) is 8.50. The molecule has 0 unspecified atom stereocenters. The summed E-state index contributed by atoms with van der Waals surface area (Å²) in [5.41, 5.74) is 3.54. The quantitative estimate of drug-likeness (QED) is 0.450. The van der Waals surface area contributed by atoms with Crippen molar-refractivity contribution in [1.82, 2.24) is 24.7 Å². The Morgan fingerprint density at radius 2 is 1.77 bits per heavy atom. The molecule has 1 amide bonds. The summed E-state index contributed by atoms with van der Waals surface area (Å²) in [6.07, 6.45) is 3.08. The molecule has 0 atom stereocenters. The van der Waals surface area contributed by atoms with E-state index in [0.717, 1.165) is 38.2 Å². The second kappa shape index (κ2) is 13.1. The van der Waals surface area contributed by atoms with Gasteiger partial charge in [-0.05, 0) is 77.8 Å². The number of ether oxygens (including phenoxy) is 2. The van der Waals surface area contributed by atoms with E-state index >= 15 is 0 Å². The second-order valence-corrected chi connectivity index (χ2v) is 13.0. The highest BCUT2D eigenvalue weighted by Gasteiger charge is 2.36. The van der Waals surface area contributed by atoms with Gasteiger partial charge in [-0.2, -0.15) is 4.98 Å². The Labute approximate surface area is 255 Å². The number of rotatable bonds is 8. The van der Waals surface area contributed by atoms with Gasteiger partial charge >= 0.3 is 6.09 Å². The molecule has 234 valence electrons. The number of aromatic nitrogens is 2. The summed E-state index contributed by atoms with van der Waals surface area (Å²) < 4.78 is 11.6. The molecule has 0 radical (unpaired) electrons. The van der Waals surface area contributed by atoms with Gasteiger partial charge in [0, 0.05) is 56.7 Å². The highest BCUT2D eigenvalue weighted by Crippen LogP contribution is 2.31. The van der Waals surface area contributed by atoms with Crippen LogP contribution in [0.15, 0.2) is 18.2 Å². The molecule has 5 rings (SSSR count). The van der Waals surface area contributed by atoms with E-state index in [2.05, 4.69) is 56.1 Å². The lowest BCUT2D eigenvalue weighted by atomic mass is 10.0. The number of hydrogen-bond donors (Lipinski definition) is 1. The molecule has 1 N–H and O–H groups in total. The zero-order chi connectivity index (χ0) is 30.7. The Bertz CT molecular complexity index is 1290. The molecule has 1 aromatic carbocycles. The van der Waals surface area contributed by atoms with E-state index in [-0.39, 0.29) is 17.9 Å². The molecule has 11 heteroatoms. The highest BCUT2D eigenvalue weighted by molar-refractivity contribution is 5.82. The molecule has 43 heavy (non-hydrogen) atoms. The summed E-state index contributed by atoms with van der Waals surface area (Å²) in [5.74, 6) is 0.728. The van der Waals surface area contributed by atoms with Crippen molar-refractivity contribution in [3.8, 4) is 5.88 Å². The maximum atomic E-state index is 12.3. The van der Waals surface area contributed by atoms with E-state index in [0.29, 0.717) is 42.9 Å². The number of piperidine rings is 1. The molecule has 11 nitrogen and oxygen atoms in total. The Balaban J connectivity index is 1.22. The third-order valence-corrected chi connectivity index (χ3v) is 8.50. The van der Waals surface area contributed by atoms with Crippen LogP contribution in [0.4, 0.5) is 22.0 Å². The van der Waals surface area contributed by atoms with E-state index in [1.165, 1.54) is 37.2 Å². The van der Waals surface area contributed by atoms with Gasteiger partial charge in [0.15, 0.2) is 12.1 Å². The number of anilines is 3. The van der Waals surface area contributed by atoms with Gasteiger partial charge in [0.25, 0.3) is 0 Å². The smallest absolute Gasteiger partial charge is 0.410 e. The minimum atomic E-state index is -0.549. The normalized spacial score (nSPS) is 19.2. The first-order chi connectivity index (χ1) is 20.5. The Morgan fingerprint density at radius 3 is 2.37 bits per heavy atom. The molecule has 1 aromatic heterocycles. The molecule has 3 aliphatic heterocycles. The fourth-order valence-corrected chi connectivity index (χ4v) is 6.00. The van der Waals surface area contributed by atoms with E-state index in [1.807, 2.05) is 33.8 Å². The molecular formula is C32H47N7O4. The first-order valence-electron chi connectivity index (χ1n) is 15.6. The lowest BCUT2D eigenvalue weighted by Gasteiger charge is -2.43. The number of nitrogens with zero attached hydrogens (tertiary/aromatic N) is 6. The number of likely N-dealkylation sites (N-methyl/N-ethyl adjacent to an activating group) is 1. The van der Waals surface area contributed by atoms with Crippen LogP contribution in [0.5, 0.6) is 5.88 Å². The highest BCUT2D eigenvalue weighted by atomic mass is 16.6. The predicted molar refractivity (Wildman–Crippen MR) is 168 cm³/mol. The van der Waals surface area contributed by atoms with Crippen molar-refractivity contribution in [2.24, 2.45) is 0 Å². The van der Waals surface area contributed by atoms with E-state index in [9.17, 15) is 9.59 Å². The topological polar surface area (TPSA) is 103 Å². The minimum absolute atomic E-state index is 0.219. The average molecular weight is 594 g/mol. The first-order valence-corrected chi connectivity index (χ1v) is 15.6. The number of nitrogens with one attached hydrogen (secondary N) is 1. The summed E-state index contributed by atoms with van der Waals surface area (Å²) in [6, 6.07) is 6.95. The van der Waals surface area contributed by atoms with Crippen LogP contribution < -0.4 is 15.0 Å². The molecule has 0 saturated carbocycles. The summed E-state index contributed by atoms with van der Waals surface area (Å²) in [7, 11) is 2.21. The van der Waals surface area contributed by atoms with Gasteiger partial charge in [-0.15, -0.1) is 0 Å². The SMILES string of the molecule is CCc1nc(C=O)c(Nc2ccc(N3CCC(N4CCN(C)CC4)CC3)c(C)c2)nc1OC1CN(C(=O)OC(C)(C)C)C1. The maximum absolute atomic E-state index is 12.3. The first kappa shape index (κ1) is 31.0. The number of amides is 1. The Kier molecular flexibility index (Phi) is 9.41. The fraction of sp³-hybridized carbons (Fsp3) is 0.625. The number of aryl methyl sites for hydroxylation is 2. The Morgan fingerprint density at radius 1 is 1.07 bits per heavy atom. The molecule has 4 heterocycles. The van der Waals surface area contributed by atoms with Gasteiger partial charge in [0.2, 0.25) is 5.88 Å². The number of benzene rings is 1. The van der Waals surface area contributed by atoms with E-state index in [1.54, 1.807) is 4.90 Å². The fourth-order valence-electron chi connectivity index (χ4n) is 6.00. The van der Waals surface area contributed by atoms with Crippen molar-refractivity contribution in [2.75, 3.05) is 69.6 Å². The number of piperazine rings is 1. The molecule has 3 aliphatic rings. The van der Waals surface area contributed by atoms with Gasteiger partial charge in [-0.3, -0.25) is 9.69 Å². The standard InChI is InChI=1S/C32H47N7O4/c1-7-26-30(42-25-19-39(20-25)31(41)43-32(3,4)5)35-29(27(21-40)34-26)33-23-8-9-28(22(2)18-23)38-12-10-24(11-13-38)37-16-14-36(6)15-17-37/h8-9,18,21,24-25H,7,10-17,19-20H2,1-6H3,(H,33,35). The van der Waals surface area contributed by atoms with Crippen LogP contribution in [0, 0.1) is 6.92 Å². The third kappa shape index (κ3) is 7.56. The molecular weight excluding hydrogens is 546 g/mol. The summed E-state index contributed by atoms with van der Waals surface area (Å²) in [6.45, 7) is 17.2. The molecule has 2 aromatic rings. The van der Waals surface area contributed by atoms with Gasteiger partial charge in [0.1, 0.15) is 23.1 Å². The van der Waals surface area contributed by atoms with Crippen LogP contribution in [0.3, 0.4) is 0 Å². The lowest BCUT2D eigenvalue weighted by molar-refractivity contribution is -0.0235. The molecule has 0 aliphatic carbocycles. The van der Waals surface area contributed by atoms with Crippen LogP contribution in [0.25, 0.3) is 0 Å². The van der Waals surface area contributed by atoms with Gasteiger partial charge in [-0.25, -0.2) is 9.78 Å². The zero-order valence-electron chi connectivity index (χ0n) is 26.6. The van der Waals surface area contributed by atoms with Crippen molar-refractivity contribution >= 4 is 29.6 Å². The minimum Gasteiger partial charge on any atom is -0.469 e. The van der Waals surface area contributed by atoms with E-state index in [4.69, 9.17) is 9.47 Å². The number of likely N-dealkylation sites (tertiary alicyclic amines) is 1. The van der Waals surface area contributed by atoms with Crippen molar-refractivity contribution in [3.63, 3.8) is 0 Å². The number of carbonyl (C=O) groups excluding carboxylic acids is 2. The summed E-state index contributed by atoms with van der Waals surface area (Å²) in [5, 5.41) is 3.30. The van der Waals surface area contributed by atoms with Gasteiger partial charge in [-0.1, -0.05) is 6.92 Å². The average Bonchev–Trinajstić information content (AvgIpc) is 2.94. The van der Waals surface area contributed by atoms with Crippen molar-refractivity contribution in [2.45, 2.75) is 71.6 Å². The van der Waals surface area contributed by atoms with E-state index < -0.39 is 5.60 Å². The molecule has 0 bridgehead atoms. The van der Waals surface area contributed by atoms with Crippen LogP contribution >= 0.6 is 0 Å². The lowest BCUT2D eigenvalue weighted by Crippen LogP contribution is -2.57. The van der Waals surface area contributed by atoms with Crippen molar-refractivity contribution in [3.05, 3.63) is 35.2 Å². The largest absolute Gasteiger partial charge is 0.469 e. The summed E-state index contributed by atoms with van der Waals surface area (Å²) in [4.78, 5) is 42.7. The number of carbonyl (C=O) groups is 2.